The van der Waals surface area contributed by atoms with Crippen LogP contribution in [0.2, 0.25) is 0 Å². The standard InChI is InChI=1S/C19H35PS2/c21-19(22)20(16-10-4-1-5-11-16,17-12-6-2-7-13-17)18-14-8-3-9-15-18/h16-18,21-22H,1-15H2. The van der Waals surface area contributed by atoms with E-state index in [1.54, 1.807) is 0 Å². The van der Waals surface area contributed by atoms with Gasteiger partial charge in [-0.3, -0.25) is 0 Å². The molecule has 0 aliphatic heterocycles. The van der Waals surface area contributed by atoms with Gasteiger partial charge in [0.25, 0.3) is 0 Å². The number of thiol groups is 2. The highest BCUT2D eigenvalue weighted by atomic mass is 32.2. The van der Waals surface area contributed by atoms with Gasteiger partial charge in [-0.2, -0.15) is 0 Å². The molecule has 0 spiro atoms. The molecule has 128 valence electrons. The van der Waals surface area contributed by atoms with Crippen molar-refractivity contribution >= 4 is 36.1 Å². The maximum atomic E-state index is 5.04. The number of hydrogen-bond donors (Lipinski definition) is 2. The van der Waals surface area contributed by atoms with Crippen LogP contribution in [0.15, 0.2) is 0 Å². The SMILES string of the molecule is SC(S)=P(C1CCCCC1)(C1CCCCC1)C1CCCCC1. The topological polar surface area (TPSA) is 0 Å². The molecule has 3 saturated carbocycles. The van der Waals surface area contributed by atoms with Gasteiger partial charge in [-0.1, -0.05) is 64.7 Å². The van der Waals surface area contributed by atoms with Gasteiger partial charge in [0.1, 0.15) is 0 Å². The van der Waals surface area contributed by atoms with E-state index in [0.29, 0.717) is 0 Å². The zero-order valence-corrected chi connectivity index (χ0v) is 16.9. The second-order valence-electron chi connectivity index (χ2n) is 8.01. The average Bonchev–Trinajstić information content (AvgIpc) is 2.58. The van der Waals surface area contributed by atoms with Crippen molar-refractivity contribution in [2.75, 3.05) is 0 Å². The molecule has 0 bridgehead atoms. The first-order chi connectivity index (χ1) is 10.8. The van der Waals surface area contributed by atoms with E-state index in [2.05, 4.69) is 0 Å². The maximum absolute atomic E-state index is 5.04. The molecule has 0 atom stereocenters. The highest BCUT2D eigenvalue weighted by molar-refractivity contribution is 8.33. The Morgan fingerprint density at radius 3 is 1.00 bits per heavy atom. The molecule has 3 fully saturated rings. The van der Waals surface area contributed by atoms with Gasteiger partial charge in [-0.15, -0.1) is 25.3 Å². The van der Waals surface area contributed by atoms with Gasteiger partial charge in [-0.05, 0) is 55.5 Å². The molecule has 3 aliphatic carbocycles. The van der Waals surface area contributed by atoms with Gasteiger partial charge in [0.2, 0.25) is 0 Å². The molecule has 0 heterocycles. The fourth-order valence-corrected chi connectivity index (χ4v) is 15.3. The number of rotatable bonds is 3. The largest absolute Gasteiger partial charge is 0.137 e. The maximum Gasteiger partial charge on any atom is 0.0312 e. The molecule has 3 aliphatic rings. The predicted molar refractivity (Wildman–Crippen MR) is 111 cm³/mol. The van der Waals surface area contributed by atoms with Gasteiger partial charge in [0.15, 0.2) is 0 Å². The molecule has 3 rings (SSSR count). The third kappa shape index (κ3) is 3.50. The van der Waals surface area contributed by atoms with Gasteiger partial charge in [0, 0.05) is 3.96 Å². The normalized spacial score (nSPS) is 27.0. The molecule has 0 unspecified atom stereocenters. The summed E-state index contributed by atoms with van der Waals surface area (Å²) in [5, 5.41) is 0. The van der Waals surface area contributed by atoms with Gasteiger partial charge in [0.05, 0.1) is 0 Å². The Hall–Kier alpha value is 1.00. The zero-order valence-electron chi connectivity index (χ0n) is 14.2. The van der Waals surface area contributed by atoms with E-state index in [0.717, 1.165) is 17.0 Å². The third-order valence-corrected chi connectivity index (χ3v) is 14.8. The van der Waals surface area contributed by atoms with Crippen LogP contribution in [-0.2, 0) is 0 Å². The molecule has 0 saturated heterocycles. The van der Waals surface area contributed by atoms with E-state index >= 15 is 0 Å². The number of hydrogen-bond acceptors (Lipinski definition) is 0. The molecule has 0 nitrogen and oxygen atoms in total. The Balaban J connectivity index is 1.99. The van der Waals surface area contributed by atoms with Crippen LogP contribution in [0.25, 0.3) is 0 Å². The summed E-state index contributed by atoms with van der Waals surface area (Å²) in [7, 11) is 0. The molecule has 0 aromatic carbocycles. The second-order valence-corrected chi connectivity index (χ2v) is 14.3. The minimum atomic E-state index is -1.15. The second kappa shape index (κ2) is 8.39. The summed E-state index contributed by atoms with van der Waals surface area (Å²) in [6, 6.07) is 0. The van der Waals surface area contributed by atoms with Crippen LogP contribution in [0.1, 0.15) is 96.3 Å². The van der Waals surface area contributed by atoms with Crippen molar-refractivity contribution < 1.29 is 0 Å². The van der Waals surface area contributed by atoms with Gasteiger partial charge >= 0.3 is 0 Å². The summed E-state index contributed by atoms with van der Waals surface area (Å²) < 4.78 is 1.33. The first-order valence-electron chi connectivity index (χ1n) is 9.89. The molecule has 0 N–H and O–H groups in total. The molecular formula is C19H35PS2. The fourth-order valence-electron chi connectivity index (χ4n) is 5.91. The van der Waals surface area contributed by atoms with Crippen molar-refractivity contribution in [1.82, 2.24) is 0 Å². The van der Waals surface area contributed by atoms with Crippen LogP contribution >= 0.6 is 32.1 Å². The van der Waals surface area contributed by atoms with E-state index in [1.165, 1.54) is 100 Å². The lowest BCUT2D eigenvalue weighted by atomic mass is 9.99. The molecule has 3 heteroatoms. The lowest BCUT2D eigenvalue weighted by molar-refractivity contribution is 0.458. The van der Waals surface area contributed by atoms with E-state index in [4.69, 9.17) is 25.3 Å². The highest BCUT2D eigenvalue weighted by Gasteiger charge is 2.44. The van der Waals surface area contributed by atoms with Gasteiger partial charge in [-0.25, -0.2) is 0 Å². The van der Waals surface area contributed by atoms with E-state index in [9.17, 15) is 0 Å². The summed E-state index contributed by atoms with van der Waals surface area (Å²) in [5.74, 6) is 0. The molecule has 0 amide bonds. The first kappa shape index (κ1) is 17.8. The lowest BCUT2D eigenvalue weighted by Gasteiger charge is -2.50. The van der Waals surface area contributed by atoms with Crippen molar-refractivity contribution in [3.8, 4) is 0 Å². The Morgan fingerprint density at radius 1 is 0.500 bits per heavy atom. The van der Waals surface area contributed by atoms with Crippen LogP contribution in [0.5, 0.6) is 0 Å². The van der Waals surface area contributed by atoms with Crippen LogP contribution < -0.4 is 0 Å². The van der Waals surface area contributed by atoms with Crippen LogP contribution in [0.4, 0.5) is 0 Å². The van der Waals surface area contributed by atoms with Crippen LogP contribution in [-0.4, -0.2) is 20.9 Å². The molecule has 0 aromatic heterocycles. The fraction of sp³-hybridized carbons (Fsp3) is 0.947. The smallest absolute Gasteiger partial charge is 0.0312 e. The zero-order chi connectivity index (χ0) is 15.4. The quantitative estimate of drug-likeness (QED) is 0.396. The Morgan fingerprint density at radius 2 is 0.773 bits per heavy atom. The van der Waals surface area contributed by atoms with Crippen molar-refractivity contribution in [2.45, 2.75) is 113 Å². The van der Waals surface area contributed by atoms with Crippen molar-refractivity contribution in [3.05, 3.63) is 0 Å². The summed E-state index contributed by atoms with van der Waals surface area (Å²) in [6.45, 7) is -1.15. The Bertz CT molecular complexity index is 343. The van der Waals surface area contributed by atoms with Crippen LogP contribution in [0.3, 0.4) is 0 Å². The summed E-state index contributed by atoms with van der Waals surface area (Å²) in [5.41, 5.74) is 2.95. The molecule has 0 aromatic rings. The average molecular weight is 359 g/mol. The first-order valence-corrected chi connectivity index (χ1v) is 12.8. The minimum Gasteiger partial charge on any atom is -0.137 e. The van der Waals surface area contributed by atoms with E-state index in [1.807, 2.05) is 0 Å². The van der Waals surface area contributed by atoms with Crippen molar-refractivity contribution in [2.24, 2.45) is 0 Å². The summed E-state index contributed by atoms with van der Waals surface area (Å²) in [6.07, 6.45) is 22.2. The molecular weight excluding hydrogens is 323 g/mol. The van der Waals surface area contributed by atoms with Crippen molar-refractivity contribution in [1.29, 1.82) is 0 Å². The Kier molecular flexibility index (Phi) is 6.79. The minimum absolute atomic E-state index is 0.984. The Labute approximate surface area is 149 Å². The molecule has 0 radical (unpaired) electrons. The third-order valence-electron chi connectivity index (χ3n) is 6.88. The van der Waals surface area contributed by atoms with E-state index < -0.39 is 6.89 Å². The predicted octanol–water partition coefficient (Wildman–Crippen LogP) is 6.95. The summed E-state index contributed by atoms with van der Waals surface area (Å²) in [4.78, 5) is 0. The molecule has 22 heavy (non-hydrogen) atoms. The van der Waals surface area contributed by atoms with Gasteiger partial charge < -0.3 is 0 Å². The monoisotopic (exact) mass is 358 g/mol. The van der Waals surface area contributed by atoms with Crippen molar-refractivity contribution in [3.63, 3.8) is 0 Å². The highest BCUT2D eigenvalue weighted by Crippen LogP contribution is 2.71. The van der Waals surface area contributed by atoms with Crippen LogP contribution in [0, 0.1) is 0 Å². The lowest BCUT2D eigenvalue weighted by Crippen LogP contribution is -2.33. The van der Waals surface area contributed by atoms with E-state index in [-0.39, 0.29) is 0 Å². The summed E-state index contributed by atoms with van der Waals surface area (Å²) >= 11 is 10.1.